The lowest BCUT2D eigenvalue weighted by Gasteiger charge is -2.33. The fraction of sp³-hybridized carbons (Fsp3) is 0.360. The lowest BCUT2D eigenvalue weighted by atomic mass is 10.0. The van der Waals surface area contributed by atoms with Crippen LogP contribution in [-0.2, 0) is 0 Å². The SMILES string of the molecule is CC(C)n1ncc2ccc(Nc3cc(N4CCC[C@H](N)C4)c(C#Cc4cnn(C(F)F)c4)cn3)nc21. The van der Waals surface area contributed by atoms with Crippen LogP contribution < -0.4 is 16.0 Å². The topological polar surface area (TPSA) is 103 Å². The predicted octanol–water partition coefficient (Wildman–Crippen LogP) is 4.07. The molecule has 0 amide bonds. The fourth-order valence-corrected chi connectivity index (χ4v) is 4.25. The summed E-state index contributed by atoms with van der Waals surface area (Å²) in [6.45, 7) is 2.95. The number of fused-ring (bicyclic) bond motifs is 1. The second-order valence-corrected chi connectivity index (χ2v) is 9.09. The van der Waals surface area contributed by atoms with Crippen LogP contribution >= 0.6 is 0 Å². The van der Waals surface area contributed by atoms with Crippen LogP contribution in [0.3, 0.4) is 0 Å². The van der Waals surface area contributed by atoms with Crippen molar-refractivity contribution in [3.63, 3.8) is 0 Å². The van der Waals surface area contributed by atoms with Gasteiger partial charge in [0, 0.05) is 49.0 Å². The first-order valence-corrected chi connectivity index (χ1v) is 11.8. The van der Waals surface area contributed by atoms with Gasteiger partial charge in [-0.3, -0.25) is 0 Å². The molecule has 186 valence electrons. The highest BCUT2D eigenvalue weighted by molar-refractivity contribution is 5.77. The first-order valence-electron chi connectivity index (χ1n) is 11.8. The normalized spacial score (nSPS) is 16.0. The summed E-state index contributed by atoms with van der Waals surface area (Å²) in [5.74, 6) is 7.26. The molecule has 0 spiro atoms. The summed E-state index contributed by atoms with van der Waals surface area (Å²) in [5, 5.41) is 12.3. The van der Waals surface area contributed by atoms with E-state index >= 15 is 0 Å². The van der Waals surface area contributed by atoms with E-state index in [2.05, 4.69) is 51.1 Å². The van der Waals surface area contributed by atoms with E-state index in [4.69, 9.17) is 10.7 Å². The third-order valence-corrected chi connectivity index (χ3v) is 6.01. The quantitative estimate of drug-likeness (QED) is 0.406. The van der Waals surface area contributed by atoms with Crippen LogP contribution in [0.5, 0.6) is 0 Å². The Morgan fingerprint density at radius 3 is 2.72 bits per heavy atom. The molecule has 5 heterocycles. The first-order chi connectivity index (χ1) is 17.4. The molecule has 1 fully saturated rings. The predicted molar refractivity (Wildman–Crippen MR) is 134 cm³/mol. The van der Waals surface area contributed by atoms with Crippen molar-refractivity contribution in [3.05, 3.63) is 54.1 Å². The molecular weight excluding hydrogens is 464 g/mol. The maximum absolute atomic E-state index is 12.8. The number of aromatic nitrogens is 6. The largest absolute Gasteiger partial charge is 0.369 e. The Morgan fingerprint density at radius 1 is 1.11 bits per heavy atom. The molecule has 36 heavy (non-hydrogen) atoms. The van der Waals surface area contributed by atoms with Gasteiger partial charge in [-0.1, -0.05) is 11.8 Å². The van der Waals surface area contributed by atoms with Gasteiger partial charge in [-0.25, -0.2) is 19.3 Å². The van der Waals surface area contributed by atoms with Gasteiger partial charge in [0.05, 0.1) is 29.2 Å². The zero-order chi connectivity index (χ0) is 25.2. The molecule has 4 aromatic heterocycles. The molecule has 0 aliphatic carbocycles. The van der Waals surface area contributed by atoms with E-state index in [9.17, 15) is 8.78 Å². The van der Waals surface area contributed by atoms with Crippen LogP contribution in [0.4, 0.5) is 26.1 Å². The zero-order valence-electron chi connectivity index (χ0n) is 20.1. The van der Waals surface area contributed by atoms with Crippen molar-refractivity contribution in [1.82, 2.24) is 29.5 Å². The summed E-state index contributed by atoms with van der Waals surface area (Å²) in [6, 6.07) is 6.04. The van der Waals surface area contributed by atoms with Crippen LogP contribution in [0, 0.1) is 11.8 Å². The number of hydrogen-bond acceptors (Lipinski definition) is 7. The van der Waals surface area contributed by atoms with Gasteiger partial charge >= 0.3 is 6.55 Å². The fourth-order valence-electron chi connectivity index (χ4n) is 4.25. The third kappa shape index (κ3) is 4.99. The van der Waals surface area contributed by atoms with Crippen LogP contribution in [0.1, 0.15) is 50.4 Å². The van der Waals surface area contributed by atoms with Crippen molar-refractivity contribution in [2.24, 2.45) is 5.73 Å². The molecule has 9 nitrogen and oxygen atoms in total. The second-order valence-electron chi connectivity index (χ2n) is 9.09. The Hall–Kier alpha value is -4.04. The van der Waals surface area contributed by atoms with Gasteiger partial charge in [0.1, 0.15) is 11.6 Å². The highest BCUT2D eigenvalue weighted by Gasteiger charge is 2.20. The number of hydrogen-bond donors (Lipinski definition) is 2. The van der Waals surface area contributed by atoms with Crippen LogP contribution in [-0.4, -0.2) is 48.7 Å². The number of halogens is 2. The van der Waals surface area contributed by atoms with E-state index in [1.807, 2.05) is 22.9 Å². The highest BCUT2D eigenvalue weighted by Crippen LogP contribution is 2.28. The van der Waals surface area contributed by atoms with Gasteiger partial charge in [-0.15, -0.1) is 0 Å². The molecule has 0 saturated carbocycles. The van der Waals surface area contributed by atoms with E-state index in [0.29, 0.717) is 34.0 Å². The minimum atomic E-state index is -2.70. The molecule has 4 aromatic rings. The number of nitrogens with zero attached hydrogens (tertiary/aromatic N) is 7. The Bertz CT molecular complexity index is 1430. The number of rotatable bonds is 5. The third-order valence-electron chi connectivity index (χ3n) is 6.01. The standard InChI is InChI=1S/C25H27F2N9/c1-16(2)36-24-19(13-31-36)7-8-22(33-24)32-23-10-21(34-9-3-4-20(28)15-34)18(12-29-23)6-5-17-11-30-35(14-17)25(26)27/h7-8,10-14,16,20,25H,3-4,9,15,28H2,1-2H3,(H,29,32,33)/t20-/m0/s1. The number of nitrogens with two attached hydrogens (primary N) is 1. The van der Waals surface area contributed by atoms with Crippen molar-refractivity contribution < 1.29 is 8.78 Å². The van der Waals surface area contributed by atoms with Crippen molar-refractivity contribution in [1.29, 1.82) is 0 Å². The Morgan fingerprint density at radius 2 is 1.97 bits per heavy atom. The van der Waals surface area contributed by atoms with Crippen molar-refractivity contribution >= 4 is 28.4 Å². The van der Waals surface area contributed by atoms with Crippen LogP contribution in [0.25, 0.3) is 11.0 Å². The van der Waals surface area contributed by atoms with Crippen LogP contribution in [0.2, 0.25) is 0 Å². The Kier molecular flexibility index (Phi) is 6.52. The molecule has 0 aromatic carbocycles. The molecule has 0 bridgehead atoms. The summed E-state index contributed by atoms with van der Waals surface area (Å²) in [4.78, 5) is 11.5. The second kappa shape index (κ2) is 9.91. The maximum Gasteiger partial charge on any atom is 0.333 e. The lowest BCUT2D eigenvalue weighted by Crippen LogP contribution is -2.43. The number of anilines is 3. The Balaban J connectivity index is 1.47. The minimum Gasteiger partial charge on any atom is -0.369 e. The molecule has 1 saturated heterocycles. The smallest absolute Gasteiger partial charge is 0.333 e. The van der Waals surface area contributed by atoms with Crippen molar-refractivity contribution in [3.8, 4) is 11.8 Å². The molecule has 3 N–H and O–H groups in total. The van der Waals surface area contributed by atoms with Crippen molar-refractivity contribution in [2.75, 3.05) is 23.3 Å². The lowest BCUT2D eigenvalue weighted by molar-refractivity contribution is 0.0566. The first kappa shape index (κ1) is 23.7. The maximum atomic E-state index is 12.8. The number of piperidine rings is 1. The average Bonchev–Trinajstić information content (AvgIpc) is 3.50. The Labute approximate surface area is 207 Å². The molecule has 5 rings (SSSR count). The van der Waals surface area contributed by atoms with Crippen LogP contribution in [0.15, 0.2) is 43.0 Å². The van der Waals surface area contributed by atoms with Gasteiger partial charge in [0.2, 0.25) is 0 Å². The average molecular weight is 492 g/mol. The summed E-state index contributed by atoms with van der Waals surface area (Å²) in [5.41, 5.74) is 9.00. The molecule has 1 aliphatic heterocycles. The highest BCUT2D eigenvalue weighted by atomic mass is 19.3. The summed E-state index contributed by atoms with van der Waals surface area (Å²) in [7, 11) is 0. The van der Waals surface area contributed by atoms with Gasteiger partial charge in [0.25, 0.3) is 0 Å². The minimum absolute atomic E-state index is 0.0637. The molecule has 0 unspecified atom stereocenters. The zero-order valence-corrected chi connectivity index (χ0v) is 20.1. The number of pyridine rings is 2. The molecule has 1 aliphatic rings. The molecular formula is C25H27F2N9. The molecule has 11 heteroatoms. The summed E-state index contributed by atoms with van der Waals surface area (Å²) in [6.07, 6.45) is 7.97. The summed E-state index contributed by atoms with van der Waals surface area (Å²) < 4.78 is 28.2. The van der Waals surface area contributed by atoms with E-state index in [-0.39, 0.29) is 12.1 Å². The number of alkyl halides is 2. The monoisotopic (exact) mass is 491 g/mol. The molecule has 1 atom stereocenters. The van der Waals surface area contributed by atoms with E-state index in [0.717, 1.165) is 36.1 Å². The summed E-state index contributed by atoms with van der Waals surface area (Å²) >= 11 is 0. The van der Waals surface area contributed by atoms with E-state index in [1.165, 1.54) is 12.4 Å². The molecule has 0 radical (unpaired) electrons. The number of nitrogens with one attached hydrogen (secondary N) is 1. The van der Waals surface area contributed by atoms with Gasteiger partial charge in [0.15, 0.2) is 5.65 Å². The van der Waals surface area contributed by atoms with E-state index in [1.54, 1.807) is 12.4 Å². The van der Waals surface area contributed by atoms with Gasteiger partial charge in [-0.05, 0) is 38.8 Å². The van der Waals surface area contributed by atoms with Crippen molar-refractivity contribution in [2.45, 2.75) is 45.3 Å². The van der Waals surface area contributed by atoms with E-state index < -0.39 is 6.55 Å². The van der Waals surface area contributed by atoms with Gasteiger partial charge < -0.3 is 16.0 Å². The van der Waals surface area contributed by atoms with Gasteiger partial charge in [-0.2, -0.15) is 19.0 Å².